The van der Waals surface area contributed by atoms with E-state index in [9.17, 15) is 4.79 Å². The van der Waals surface area contributed by atoms with Gasteiger partial charge in [0.15, 0.2) is 11.5 Å². The second kappa shape index (κ2) is 7.06. The van der Waals surface area contributed by atoms with Crippen molar-refractivity contribution in [3.05, 3.63) is 45.6 Å². The van der Waals surface area contributed by atoms with Crippen molar-refractivity contribution in [1.82, 2.24) is 9.80 Å². The Morgan fingerprint density at radius 1 is 1.24 bits per heavy atom. The minimum absolute atomic E-state index is 0.106. The van der Waals surface area contributed by atoms with Crippen molar-refractivity contribution in [3.63, 3.8) is 0 Å². The Bertz CT molecular complexity index is 760. The third kappa shape index (κ3) is 3.50. The predicted octanol–water partition coefficient (Wildman–Crippen LogP) is 3.00. The van der Waals surface area contributed by atoms with Crippen LogP contribution in [0.3, 0.4) is 0 Å². The molecule has 3 heterocycles. The van der Waals surface area contributed by atoms with Gasteiger partial charge >= 0.3 is 0 Å². The Morgan fingerprint density at radius 3 is 2.88 bits per heavy atom. The largest absolute Gasteiger partial charge is 0.454 e. The van der Waals surface area contributed by atoms with Crippen molar-refractivity contribution >= 4 is 17.2 Å². The summed E-state index contributed by atoms with van der Waals surface area (Å²) in [6, 6.07) is 5.96. The first-order chi connectivity index (χ1) is 12.2. The average molecular weight is 358 g/mol. The van der Waals surface area contributed by atoms with Crippen LogP contribution in [0.1, 0.15) is 27.9 Å². The number of carbonyl (C=O) groups excluding carboxylic acids is 1. The molecule has 0 atom stereocenters. The van der Waals surface area contributed by atoms with Crippen LogP contribution in [0.5, 0.6) is 11.5 Å². The summed E-state index contributed by atoms with van der Waals surface area (Å²) in [5, 5.41) is 4.33. The van der Waals surface area contributed by atoms with Crippen molar-refractivity contribution in [2.45, 2.75) is 19.4 Å². The van der Waals surface area contributed by atoms with Crippen LogP contribution in [0.4, 0.5) is 0 Å². The van der Waals surface area contributed by atoms with E-state index in [0.29, 0.717) is 12.3 Å². The van der Waals surface area contributed by atoms with Crippen molar-refractivity contribution in [3.8, 4) is 11.5 Å². The molecule has 0 unspecified atom stereocenters. The number of thiophene rings is 1. The van der Waals surface area contributed by atoms with Crippen LogP contribution in [0, 0.1) is 0 Å². The van der Waals surface area contributed by atoms with E-state index in [1.54, 1.807) is 11.3 Å². The van der Waals surface area contributed by atoms with Crippen LogP contribution in [0.2, 0.25) is 0 Å². The lowest BCUT2D eigenvalue weighted by Gasteiger charge is -2.19. The van der Waals surface area contributed by atoms with E-state index in [1.165, 1.54) is 5.56 Å². The first kappa shape index (κ1) is 16.4. The fourth-order valence-corrected chi connectivity index (χ4v) is 4.04. The maximum Gasteiger partial charge on any atom is 0.254 e. The summed E-state index contributed by atoms with van der Waals surface area (Å²) in [5.41, 5.74) is 3.20. The van der Waals surface area contributed by atoms with Gasteiger partial charge in [0.25, 0.3) is 5.91 Å². The van der Waals surface area contributed by atoms with Crippen LogP contribution in [-0.2, 0) is 13.0 Å². The van der Waals surface area contributed by atoms with E-state index >= 15 is 0 Å². The van der Waals surface area contributed by atoms with Gasteiger partial charge in [-0.25, -0.2) is 0 Å². The van der Waals surface area contributed by atoms with Crippen molar-refractivity contribution in [1.29, 1.82) is 0 Å². The molecule has 6 heteroatoms. The maximum atomic E-state index is 12.6. The molecule has 0 spiro atoms. The van der Waals surface area contributed by atoms with Gasteiger partial charge in [-0.3, -0.25) is 4.79 Å². The molecule has 5 nitrogen and oxygen atoms in total. The fraction of sp³-hybridized carbons (Fsp3) is 0.421. The number of ether oxygens (including phenoxy) is 2. The number of nitrogens with zero attached hydrogens (tertiary/aromatic N) is 2. The highest BCUT2D eigenvalue weighted by atomic mass is 32.1. The normalized spacial score (nSPS) is 15.3. The molecule has 0 saturated heterocycles. The van der Waals surface area contributed by atoms with Gasteiger partial charge in [0.05, 0.1) is 0 Å². The Labute approximate surface area is 151 Å². The number of benzene rings is 1. The highest BCUT2D eigenvalue weighted by Gasteiger charge is 2.30. The summed E-state index contributed by atoms with van der Waals surface area (Å²) in [6.45, 7) is 3.74. The molecule has 0 radical (unpaired) electrons. The molecule has 0 bridgehead atoms. The van der Waals surface area contributed by atoms with Crippen LogP contribution in [0.15, 0.2) is 29.0 Å². The standard InChI is InChI=1S/C19H22N2O3S/c1-20(7-3-14-4-8-25-12-14)5-2-6-21-11-15-9-17-18(24-13-23-17)10-16(15)19(21)22/h4,8-10,12H,2-3,5-7,11,13H2,1H3. The van der Waals surface area contributed by atoms with Crippen LogP contribution < -0.4 is 9.47 Å². The minimum atomic E-state index is 0.106. The molecule has 132 valence electrons. The molecule has 25 heavy (non-hydrogen) atoms. The monoisotopic (exact) mass is 358 g/mol. The van der Waals surface area contributed by atoms with Gasteiger partial charge in [0.1, 0.15) is 0 Å². The number of hydrogen-bond donors (Lipinski definition) is 0. The zero-order valence-corrected chi connectivity index (χ0v) is 15.2. The second-order valence-electron chi connectivity index (χ2n) is 6.63. The summed E-state index contributed by atoms with van der Waals surface area (Å²) in [6.07, 6.45) is 2.06. The van der Waals surface area contributed by atoms with E-state index in [0.717, 1.165) is 49.4 Å². The highest BCUT2D eigenvalue weighted by Crippen LogP contribution is 2.37. The van der Waals surface area contributed by atoms with Crippen LogP contribution >= 0.6 is 11.3 Å². The molecule has 0 aliphatic carbocycles. The van der Waals surface area contributed by atoms with E-state index < -0.39 is 0 Å². The minimum Gasteiger partial charge on any atom is -0.454 e. The molecule has 0 saturated carbocycles. The number of amides is 1. The third-order valence-corrected chi connectivity index (χ3v) is 5.54. The zero-order chi connectivity index (χ0) is 17.2. The number of rotatable bonds is 7. The topological polar surface area (TPSA) is 42.0 Å². The Balaban J connectivity index is 1.26. The Kier molecular flexibility index (Phi) is 4.63. The SMILES string of the molecule is CN(CCCN1Cc2cc3c(cc2C1=O)OCO3)CCc1ccsc1. The first-order valence-electron chi connectivity index (χ1n) is 8.62. The van der Waals surface area contributed by atoms with Gasteiger partial charge < -0.3 is 19.3 Å². The Morgan fingerprint density at radius 2 is 2.08 bits per heavy atom. The zero-order valence-electron chi connectivity index (χ0n) is 14.4. The fourth-order valence-electron chi connectivity index (χ4n) is 3.34. The van der Waals surface area contributed by atoms with Crippen molar-refractivity contribution in [2.75, 3.05) is 33.5 Å². The van der Waals surface area contributed by atoms with Crippen LogP contribution in [-0.4, -0.2) is 49.2 Å². The lowest BCUT2D eigenvalue weighted by molar-refractivity contribution is 0.0771. The molecule has 0 N–H and O–H groups in total. The summed E-state index contributed by atoms with van der Waals surface area (Å²) in [5.74, 6) is 1.54. The highest BCUT2D eigenvalue weighted by molar-refractivity contribution is 7.07. The second-order valence-corrected chi connectivity index (χ2v) is 7.41. The lowest BCUT2D eigenvalue weighted by atomic mass is 10.1. The van der Waals surface area contributed by atoms with Gasteiger partial charge in [-0.2, -0.15) is 11.3 Å². The van der Waals surface area contributed by atoms with Gasteiger partial charge in [0.2, 0.25) is 6.79 Å². The Hall–Kier alpha value is -2.05. The van der Waals surface area contributed by atoms with Crippen molar-refractivity contribution < 1.29 is 14.3 Å². The van der Waals surface area contributed by atoms with E-state index in [1.807, 2.05) is 17.0 Å². The molecule has 1 aromatic heterocycles. The summed E-state index contributed by atoms with van der Waals surface area (Å²) >= 11 is 1.75. The molecule has 1 amide bonds. The van der Waals surface area contributed by atoms with Crippen molar-refractivity contribution in [2.24, 2.45) is 0 Å². The average Bonchev–Trinajstić information content (AvgIpc) is 3.33. The molecular formula is C19H22N2O3S. The van der Waals surface area contributed by atoms with Gasteiger partial charge in [-0.1, -0.05) is 0 Å². The predicted molar refractivity (Wildman–Crippen MR) is 97.4 cm³/mol. The molecule has 2 aromatic rings. The summed E-state index contributed by atoms with van der Waals surface area (Å²) in [7, 11) is 2.14. The molecule has 4 rings (SSSR count). The number of fused-ring (bicyclic) bond motifs is 2. The third-order valence-electron chi connectivity index (χ3n) is 4.81. The maximum absolute atomic E-state index is 12.6. The van der Waals surface area contributed by atoms with E-state index in [4.69, 9.17) is 9.47 Å². The van der Waals surface area contributed by atoms with Gasteiger partial charge in [0, 0.05) is 25.2 Å². The summed E-state index contributed by atoms with van der Waals surface area (Å²) < 4.78 is 10.8. The molecule has 2 aliphatic rings. The number of likely N-dealkylation sites (N-methyl/N-ethyl adjacent to an activating group) is 1. The summed E-state index contributed by atoms with van der Waals surface area (Å²) in [4.78, 5) is 16.8. The molecule has 0 fully saturated rings. The van der Waals surface area contributed by atoms with Gasteiger partial charge in [-0.15, -0.1) is 0 Å². The first-order valence-corrected chi connectivity index (χ1v) is 9.56. The van der Waals surface area contributed by atoms with Crippen LogP contribution in [0.25, 0.3) is 0 Å². The molecule has 2 aliphatic heterocycles. The molecular weight excluding hydrogens is 336 g/mol. The number of hydrogen-bond acceptors (Lipinski definition) is 5. The molecule has 1 aromatic carbocycles. The number of carbonyl (C=O) groups is 1. The lowest BCUT2D eigenvalue weighted by Crippen LogP contribution is -2.29. The smallest absolute Gasteiger partial charge is 0.254 e. The van der Waals surface area contributed by atoms with E-state index in [-0.39, 0.29) is 12.7 Å². The van der Waals surface area contributed by atoms with E-state index in [2.05, 4.69) is 28.8 Å². The van der Waals surface area contributed by atoms with Gasteiger partial charge in [-0.05, 0) is 66.5 Å². The quantitative estimate of drug-likeness (QED) is 0.763.